The Morgan fingerprint density at radius 3 is 2.44 bits per heavy atom. The zero-order valence-electron chi connectivity index (χ0n) is 14.2. The summed E-state index contributed by atoms with van der Waals surface area (Å²) in [5.41, 5.74) is 2.17. The summed E-state index contributed by atoms with van der Waals surface area (Å²) in [5, 5.41) is 11.0. The minimum atomic E-state index is -1.58. The van der Waals surface area contributed by atoms with E-state index in [-0.39, 0.29) is 6.61 Å². The molecule has 0 saturated heterocycles. The maximum absolute atomic E-state index is 11.0. The molecule has 0 radical (unpaired) electrons. The van der Waals surface area contributed by atoms with Gasteiger partial charge in [-0.15, -0.1) is 0 Å². The molecule has 2 aliphatic heterocycles. The highest BCUT2D eigenvalue weighted by atomic mass is 16.7. The van der Waals surface area contributed by atoms with Gasteiger partial charge in [0.25, 0.3) is 5.79 Å². The molecule has 6 heteroatoms. The number of aliphatic hydroxyl groups is 1. The van der Waals surface area contributed by atoms with Gasteiger partial charge in [0.1, 0.15) is 17.2 Å². The lowest BCUT2D eigenvalue weighted by Gasteiger charge is -2.39. The van der Waals surface area contributed by atoms with E-state index in [0.29, 0.717) is 39.9 Å². The normalized spacial score (nSPS) is 20.1. The number of rotatable bonds is 3. The molecule has 0 aliphatic carbocycles. The van der Waals surface area contributed by atoms with Crippen LogP contribution in [0.3, 0.4) is 0 Å². The van der Waals surface area contributed by atoms with Crippen molar-refractivity contribution < 1.29 is 28.8 Å². The van der Waals surface area contributed by atoms with Gasteiger partial charge < -0.3 is 28.8 Å². The molecule has 1 N–H and O–H groups in total. The Hall–Kier alpha value is -2.86. The van der Waals surface area contributed by atoms with E-state index in [4.69, 9.17) is 23.7 Å². The van der Waals surface area contributed by atoms with E-state index in [1.807, 2.05) is 18.2 Å². The van der Waals surface area contributed by atoms with E-state index in [9.17, 15) is 5.11 Å². The number of fused-ring (bicyclic) bond motifs is 4. The summed E-state index contributed by atoms with van der Waals surface area (Å²) < 4.78 is 27.5. The Kier molecular flexibility index (Phi) is 3.51. The average Bonchev–Trinajstić information content (AvgIpc) is 2.64. The summed E-state index contributed by atoms with van der Waals surface area (Å²) in [5.74, 6) is 1.34. The Labute approximate surface area is 145 Å². The van der Waals surface area contributed by atoms with Gasteiger partial charge in [-0.3, -0.25) is 0 Å². The molecule has 0 saturated carbocycles. The van der Waals surface area contributed by atoms with Crippen LogP contribution in [0.5, 0.6) is 28.7 Å². The van der Waals surface area contributed by atoms with Crippen LogP contribution < -0.4 is 23.7 Å². The van der Waals surface area contributed by atoms with Crippen LogP contribution in [-0.4, -0.2) is 38.8 Å². The summed E-state index contributed by atoms with van der Waals surface area (Å²) in [6.45, 7) is -0.0298. The number of benzene rings is 2. The van der Waals surface area contributed by atoms with Crippen LogP contribution in [-0.2, 0) is 0 Å². The van der Waals surface area contributed by atoms with E-state index in [0.717, 1.165) is 5.56 Å². The molecule has 0 bridgehead atoms. The highest BCUT2D eigenvalue weighted by molar-refractivity contribution is 5.92. The fraction of sp³-hybridized carbons (Fsp3) is 0.263. The van der Waals surface area contributed by atoms with Gasteiger partial charge in [-0.05, 0) is 24.3 Å². The Balaban J connectivity index is 1.89. The lowest BCUT2D eigenvalue weighted by molar-refractivity contribution is -0.116. The predicted octanol–water partition coefficient (Wildman–Crippen LogP) is 2.73. The first-order valence-corrected chi connectivity index (χ1v) is 7.79. The van der Waals surface area contributed by atoms with Crippen molar-refractivity contribution in [2.45, 2.75) is 5.79 Å². The first kappa shape index (κ1) is 15.7. The van der Waals surface area contributed by atoms with Crippen LogP contribution in [0, 0.1) is 0 Å². The van der Waals surface area contributed by atoms with Gasteiger partial charge in [-0.1, -0.05) is 0 Å². The van der Waals surface area contributed by atoms with Crippen molar-refractivity contribution in [1.29, 1.82) is 0 Å². The molecule has 0 amide bonds. The zero-order chi connectivity index (χ0) is 17.6. The van der Waals surface area contributed by atoms with Gasteiger partial charge in [-0.2, -0.15) is 0 Å². The largest absolute Gasteiger partial charge is 0.497 e. The first-order valence-electron chi connectivity index (χ1n) is 7.79. The number of hydrogen-bond donors (Lipinski definition) is 1. The molecule has 2 aromatic carbocycles. The minimum Gasteiger partial charge on any atom is -0.497 e. The van der Waals surface area contributed by atoms with Crippen LogP contribution in [0.25, 0.3) is 11.6 Å². The highest BCUT2D eigenvalue weighted by Gasteiger charge is 2.44. The van der Waals surface area contributed by atoms with Crippen molar-refractivity contribution >= 4 is 11.6 Å². The Morgan fingerprint density at radius 2 is 1.72 bits per heavy atom. The van der Waals surface area contributed by atoms with E-state index in [1.165, 1.54) is 0 Å². The smallest absolute Gasteiger partial charge is 0.270 e. The van der Waals surface area contributed by atoms with Gasteiger partial charge >= 0.3 is 0 Å². The molecule has 2 aliphatic rings. The van der Waals surface area contributed by atoms with E-state index < -0.39 is 5.79 Å². The third kappa shape index (κ3) is 2.37. The number of methoxy groups -OCH3 is 3. The molecule has 130 valence electrons. The quantitative estimate of drug-likeness (QED) is 0.925. The fourth-order valence-corrected chi connectivity index (χ4v) is 3.12. The molecule has 4 rings (SSSR count). The van der Waals surface area contributed by atoms with Crippen LogP contribution in [0.15, 0.2) is 30.3 Å². The van der Waals surface area contributed by atoms with Gasteiger partial charge in [0.2, 0.25) is 0 Å². The van der Waals surface area contributed by atoms with Crippen LogP contribution in [0.2, 0.25) is 0 Å². The lowest BCUT2D eigenvalue weighted by Crippen LogP contribution is -2.47. The average molecular weight is 342 g/mol. The maximum Gasteiger partial charge on any atom is 0.270 e. The zero-order valence-corrected chi connectivity index (χ0v) is 14.2. The van der Waals surface area contributed by atoms with Crippen molar-refractivity contribution in [3.05, 3.63) is 41.5 Å². The first-order chi connectivity index (χ1) is 12.1. The predicted molar refractivity (Wildman–Crippen MR) is 91.5 cm³/mol. The van der Waals surface area contributed by atoms with Crippen LogP contribution in [0.4, 0.5) is 0 Å². The van der Waals surface area contributed by atoms with Crippen molar-refractivity contribution in [3.8, 4) is 28.7 Å². The third-order valence-corrected chi connectivity index (χ3v) is 4.42. The maximum atomic E-state index is 11.0. The second-order valence-electron chi connectivity index (χ2n) is 5.84. The number of hydrogen-bond acceptors (Lipinski definition) is 6. The second-order valence-corrected chi connectivity index (χ2v) is 5.84. The number of ether oxygens (including phenoxy) is 5. The summed E-state index contributed by atoms with van der Waals surface area (Å²) in [6.07, 6.45) is 1.89. The van der Waals surface area contributed by atoms with Crippen molar-refractivity contribution in [1.82, 2.24) is 0 Å². The van der Waals surface area contributed by atoms with Crippen molar-refractivity contribution in [3.63, 3.8) is 0 Å². The summed E-state index contributed by atoms with van der Waals surface area (Å²) in [6, 6.07) is 9.00. The SMILES string of the molecule is COc1ccc2c(c1)O[C@@]1(O)COc3cc(OC)c(OC)cc3C1=C2. The molecule has 0 spiro atoms. The molecule has 25 heavy (non-hydrogen) atoms. The molecule has 1 atom stereocenters. The van der Waals surface area contributed by atoms with E-state index in [1.54, 1.807) is 39.5 Å². The van der Waals surface area contributed by atoms with Crippen LogP contribution in [0.1, 0.15) is 11.1 Å². The molecular formula is C19H18O6. The molecule has 0 unspecified atom stereocenters. The molecule has 2 aromatic rings. The van der Waals surface area contributed by atoms with Crippen LogP contribution >= 0.6 is 0 Å². The van der Waals surface area contributed by atoms with E-state index >= 15 is 0 Å². The van der Waals surface area contributed by atoms with Gasteiger partial charge in [0.05, 0.1) is 21.3 Å². The summed E-state index contributed by atoms with van der Waals surface area (Å²) in [4.78, 5) is 0. The molecule has 0 aromatic heterocycles. The van der Waals surface area contributed by atoms with Crippen molar-refractivity contribution in [2.75, 3.05) is 27.9 Å². The second kappa shape index (κ2) is 5.60. The molecular weight excluding hydrogens is 324 g/mol. The topological polar surface area (TPSA) is 66.4 Å². The standard InChI is InChI=1S/C19H18O6/c1-21-12-5-4-11-6-14-13-8-17(22-2)18(23-3)9-16(13)24-10-19(14,20)25-15(11)7-12/h4-9,20H,10H2,1-3H3/t19-/m0/s1. The summed E-state index contributed by atoms with van der Waals surface area (Å²) in [7, 11) is 4.71. The molecule has 2 heterocycles. The monoisotopic (exact) mass is 342 g/mol. The van der Waals surface area contributed by atoms with E-state index in [2.05, 4.69) is 0 Å². The Bertz CT molecular complexity index is 872. The van der Waals surface area contributed by atoms with Gasteiger partial charge in [0.15, 0.2) is 18.1 Å². The van der Waals surface area contributed by atoms with Crippen molar-refractivity contribution in [2.24, 2.45) is 0 Å². The minimum absolute atomic E-state index is 0.0298. The van der Waals surface area contributed by atoms with Gasteiger partial charge in [-0.25, -0.2) is 0 Å². The third-order valence-electron chi connectivity index (χ3n) is 4.42. The molecule has 0 fully saturated rings. The lowest BCUT2D eigenvalue weighted by atomic mass is 9.90. The Morgan fingerprint density at radius 1 is 0.960 bits per heavy atom. The fourth-order valence-electron chi connectivity index (χ4n) is 3.12. The van der Waals surface area contributed by atoms with Gasteiger partial charge in [0, 0.05) is 28.8 Å². The summed E-state index contributed by atoms with van der Waals surface area (Å²) >= 11 is 0. The highest BCUT2D eigenvalue weighted by Crippen LogP contribution is 2.48. The molecule has 6 nitrogen and oxygen atoms in total.